The largest absolute Gasteiger partial charge is 0.469 e. The lowest BCUT2D eigenvalue weighted by Gasteiger charge is -2.07. The molecule has 0 amide bonds. The van der Waals surface area contributed by atoms with Crippen LogP contribution in [0.3, 0.4) is 0 Å². The molecule has 0 spiro atoms. The van der Waals surface area contributed by atoms with Crippen LogP contribution in [0.1, 0.15) is 17.3 Å². The summed E-state index contributed by atoms with van der Waals surface area (Å²) in [5.74, 6) is -1.04. The first-order valence-corrected chi connectivity index (χ1v) is 7.57. The van der Waals surface area contributed by atoms with Crippen LogP contribution >= 0.6 is 7.82 Å². The van der Waals surface area contributed by atoms with Gasteiger partial charge in [-0.3, -0.25) is 4.52 Å². The molecule has 0 fully saturated rings. The van der Waals surface area contributed by atoms with E-state index in [2.05, 4.69) is 11.1 Å². The van der Waals surface area contributed by atoms with Gasteiger partial charge in [-0.2, -0.15) is 0 Å². The molecule has 2 N–H and O–H groups in total. The molecule has 0 saturated carbocycles. The summed E-state index contributed by atoms with van der Waals surface area (Å²) in [6.07, 6.45) is 0. The van der Waals surface area contributed by atoms with Gasteiger partial charge in [0.25, 0.3) is 0 Å². The topological polar surface area (TPSA) is 119 Å². The van der Waals surface area contributed by atoms with Gasteiger partial charge in [0.15, 0.2) is 0 Å². The zero-order valence-electron chi connectivity index (χ0n) is 11.7. The van der Waals surface area contributed by atoms with Gasteiger partial charge in [-0.25, -0.2) is 14.2 Å². The lowest BCUT2D eigenvalue weighted by Crippen LogP contribution is -2.11. The van der Waals surface area contributed by atoms with E-state index in [1.165, 1.54) is 31.2 Å². The standard InChI is InChI=1S/C13H15O8P/c1-9(2)12(14)21-11-5-3-10(4-6-11)13(15)19-7-8-20-22(16,17)18/h3-6H,1,7-8H2,2H3,(H2,16,17,18). The highest BCUT2D eigenvalue weighted by Gasteiger charge is 2.14. The minimum Gasteiger partial charge on any atom is -0.460 e. The average molecular weight is 330 g/mol. The number of hydrogen-bond donors (Lipinski definition) is 2. The van der Waals surface area contributed by atoms with Gasteiger partial charge >= 0.3 is 19.8 Å². The van der Waals surface area contributed by atoms with E-state index in [9.17, 15) is 14.2 Å². The second kappa shape index (κ2) is 7.86. The van der Waals surface area contributed by atoms with Crippen LogP contribution in [0, 0.1) is 0 Å². The van der Waals surface area contributed by atoms with Crippen LogP contribution in [0.25, 0.3) is 0 Å². The van der Waals surface area contributed by atoms with Crippen LogP contribution in [-0.4, -0.2) is 34.9 Å². The maximum absolute atomic E-state index is 11.6. The minimum atomic E-state index is -4.57. The molecule has 0 saturated heterocycles. The molecule has 0 aliphatic rings. The van der Waals surface area contributed by atoms with Crippen molar-refractivity contribution in [3.8, 4) is 5.75 Å². The Balaban J connectivity index is 2.48. The minimum absolute atomic E-state index is 0.186. The SMILES string of the molecule is C=C(C)C(=O)Oc1ccc(C(=O)OCCOP(=O)(O)O)cc1. The smallest absolute Gasteiger partial charge is 0.460 e. The monoisotopic (exact) mass is 330 g/mol. The molecule has 0 aromatic heterocycles. The Bertz CT molecular complexity index is 601. The molecule has 8 nitrogen and oxygen atoms in total. The lowest BCUT2D eigenvalue weighted by atomic mass is 10.2. The summed E-state index contributed by atoms with van der Waals surface area (Å²) in [4.78, 5) is 39.8. The number of ether oxygens (including phenoxy) is 2. The zero-order chi connectivity index (χ0) is 16.8. The quantitative estimate of drug-likeness (QED) is 0.253. The van der Waals surface area contributed by atoms with E-state index in [0.717, 1.165) is 0 Å². The molecule has 1 aromatic carbocycles. The van der Waals surface area contributed by atoms with Crippen LogP contribution in [-0.2, 0) is 18.6 Å². The van der Waals surface area contributed by atoms with E-state index >= 15 is 0 Å². The third-order valence-corrected chi connectivity index (χ3v) is 2.74. The molecule has 120 valence electrons. The highest BCUT2D eigenvalue weighted by molar-refractivity contribution is 7.46. The number of hydrogen-bond acceptors (Lipinski definition) is 6. The maximum atomic E-state index is 11.6. The molecule has 0 atom stereocenters. The summed E-state index contributed by atoms with van der Waals surface area (Å²) in [6.45, 7) is 4.21. The summed E-state index contributed by atoms with van der Waals surface area (Å²) in [7, 11) is -4.57. The first kappa shape index (κ1) is 18.1. The third-order valence-electron chi connectivity index (χ3n) is 2.22. The first-order valence-electron chi connectivity index (χ1n) is 6.04. The highest BCUT2D eigenvalue weighted by Crippen LogP contribution is 2.35. The Hall–Kier alpha value is -1.99. The van der Waals surface area contributed by atoms with Crippen molar-refractivity contribution in [2.45, 2.75) is 6.92 Å². The first-order chi connectivity index (χ1) is 10.2. The van der Waals surface area contributed by atoms with Crippen molar-refractivity contribution in [2.24, 2.45) is 0 Å². The number of rotatable bonds is 7. The van der Waals surface area contributed by atoms with E-state index < -0.39 is 26.4 Å². The zero-order valence-corrected chi connectivity index (χ0v) is 12.6. The van der Waals surface area contributed by atoms with Crippen LogP contribution in [0.15, 0.2) is 36.4 Å². The van der Waals surface area contributed by atoms with Crippen molar-refractivity contribution >= 4 is 19.8 Å². The molecule has 0 radical (unpaired) electrons. The summed E-state index contributed by atoms with van der Waals surface area (Å²) >= 11 is 0. The molecular weight excluding hydrogens is 315 g/mol. The van der Waals surface area contributed by atoms with E-state index in [1.54, 1.807) is 0 Å². The Morgan fingerprint density at radius 3 is 2.27 bits per heavy atom. The normalized spacial score (nSPS) is 10.9. The van der Waals surface area contributed by atoms with Gasteiger partial charge in [0.2, 0.25) is 0 Å². The Morgan fingerprint density at radius 2 is 1.77 bits per heavy atom. The molecule has 0 aliphatic heterocycles. The van der Waals surface area contributed by atoms with Crippen molar-refractivity contribution in [2.75, 3.05) is 13.2 Å². The molecule has 1 rings (SSSR count). The number of phosphoric ester groups is 1. The van der Waals surface area contributed by atoms with Crippen LogP contribution in [0.5, 0.6) is 5.75 Å². The summed E-state index contributed by atoms with van der Waals surface area (Å²) in [5, 5.41) is 0. The van der Waals surface area contributed by atoms with Gasteiger partial charge in [0.1, 0.15) is 12.4 Å². The van der Waals surface area contributed by atoms with Crippen LogP contribution < -0.4 is 4.74 Å². The number of carbonyl (C=O) groups is 2. The van der Waals surface area contributed by atoms with Crippen molar-refractivity contribution in [3.63, 3.8) is 0 Å². The Morgan fingerprint density at radius 1 is 1.18 bits per heavy atom. The highest BCUT2D eigenvalue weighted by atomic mass is 31.2. The van der Waals surface area contributed by atoms with Crippen molar-refractivity contribution in [1.82, 2.24) is 0 Å². The number of phosphoric acid groups is 1. The van der Waals surface area contributed by atoms with Crippen LogP contribution in [0.2, 0.25) is 0 Å². The second-order valence-corrected chi connectivity index (χ2v) is 5.39. The summed E-state index contributed by atoms with van der Waals surface area (Å²) in [5.41, 5.74) is 0.430. The van der Waals surface area contributed by atoms with Crippen molar-refractivity contribution in [3.05, 3.63) is 42.0 Å². The number of esters is 2. The van der Waals surface area contributed by atoms with E-state index in [0.29, 0.717) is 0 Å². The van der Waals surface area contributed by atoms with E-state index in [-0.39, 0.29) is 23.5 Å². The van der Waals surface area contributed by atoms with Gasteiger partial charge in [-0.05, 0) is 31.2 Å². The van der Waals surface area contributed by atoms with Crippen LogP contribution in [0.4, 0.5) is 0 Å². The predicted octanol–water partition coefficient (Wildman–Crippen LogP) is 1.43. The molecule has 0 aliphatic carbocycles. The molecule has 22 heavy (non-hydrogen) atoms. The van der Waals surface area contributed by atoms with Crippen molar-refractivity contribution in [1.29, 1.82) is 0 Å². The fourth-order valence-electron chi connectivity index (χ4n) is 1.23. The van der Waals surface area contributed by atoms with Crippen molar-refractivity contribution < 1.29 is 37.9 Å². The van der Waals surface area contributed by atoms with Gasteiger partial charge in [0.05, 0.1) is 12.2 Å². The third kappa shape index (κ3) is 6.64. The summed E-state index contributed by atoms with van der Waals surface area (Å²) < 4.78 is 24.2. The predicted molar refractivity (Wildman–Crippen MR) is 75.2 cm³/mol. The van der Waals surface area contributed by atoms with Gasteiger partial charge in [-0.1, -0.05) is 6.58 Å². The van der Waals surface area contributed by atoms with E-state index in [4.69, 9.17) is 19.3 Å². The number of benzene rings is 1. The lowest BCUT2D eigenvalue weighted by molar-refractivity contribution is -0.130. The fraction of sp³-hybridized carbons (Fsp3) is 0.231. The Kier molecular flexibility index (Phi) is 6.45. The second-order valence-electron chi connectivity index (χ2n) is 4.15. The maximum Gasteiger partial charge on any atom is 0.469 e. The molecule has 0 bridgehead atoms. The average Bonchev–Trinajstić information content (AvgIpc) is 2.43. The van der Waals surface area contributed by atoms with E-state index in [1.807, 2.05) is 0 Å². The number of carbonyl (C=O) groups excluding carboxylic acids is 2. The molecule has 1 aromatic rings. The molecule has 0 unspecified atom stereocenters. The van der Waals surface area contributed by atoms with Gasteiger partial charge in [0, 0.05) is 5.57 Å². The Labute approximate surface area is 126 Å². The summed E-state index contributed by atoms with van der Waals surface area (Å²) in [6, 6.07) is 5.58. The molecule has 0 heterocycles. The van der Waals surface area contributed by atoms with Gasteiger partial charge in [-0.15, -0.1) is 0 Å². The van der Waals surface area contributed by atoms with Gasteiger partial charge < -0.3 is 19.3 Å². The molecular formula is C13H15O8P. The fourth-order valence-corrected chi connectivity index (χ4v) is 1.54. The molecule has 9 heteroatoms.